The van der Waals surface area contributed by atoms with E-state index in [2.05, 4.69) is 27.4 Å². The molecule has 0 amide bonds. The summed E-state index contributed by atoms with van der Waals surface area (Å²) in [5, 5.41) is 22.0. The molecule has 7 nitrogen and oxygen atoms in total. The zero-order valence-electron chi connectivity index (χ0n) is 22.9. The van der Waals surface area contributed by atoms with Crippen LogP contribution in [0.3, 0.4) is 0 Å². The highest BCUT2D eigenvalue weighted by Crippen LogP contribution is 2.35. The molecule has 2 aromatic heterocycles. The molecule has 0 N–H and O–H groups in total. The molecule has 0 unspecified atom stereocenters. The number of halogens is 3. The number of nitriles is 1. The van der Waals surface area contributed by atoms with Crippen LogP contribution in [-0.4, -0.2) is 25.2 Å². The molecule has 6 aromatic rings. The zero-order valence-corrected chi connectivity index (χ0v) is 22.9. The number of aromatic nitrogens is 5. The molecule has 0 radical (unpaired) electrons. The number of alkyl halides is 3. The Hall–Kier alpha value is -5.56. The summed E-state index contributed by atoms with van der Waals surface area (Å²) in [5.74, 6) is 1.04. The monoisotopic (exact) mass is 576 g/mol. The molecule has 0 aliphatic carbocycles. The van der Waals surface area contributed by atoms with E-state index in [1.807, 2.05) is 78.9 Å². The summed E-state index contributed by atoms with van der Waals surface area (Å²) in [6.45, 7) is 2.41. The van der Waals surface area contributed by atoms with Crippen LogP contribution in [0.4, 0.5) is 13.2 Å². The van der Waals surface area contributed by atoms with Gasteiger partial charge in [-0.25, -0.2) is 0 Å². The van der Waals surface area contributed by atoms with E-state index in [-0.39, 0.29) is 11.5 Å². The standard InChI is InChI=1S/C33H23F3N6O/c1-2-24-17-31(28-9-5-6-10-30(28)38-24)43-20-21-11-13-22(14-12-21)26-7-3-4-8-27(26)32-39-40-41-42(32)25-16-15-23(19-37)29(18-25)33(34,35)36/h3-18H,2,20H2,1H3. The number of hydrogen-bond donors (Lipinski definition) is 0. The molecule has 212 valence electrons. The summed E-state index contributed by atoms with van der Waals surface area (Å²) in [6, 6.07) is 30.1. The van der Waals surface area contributed by atoms with Crippen molar-refractivity contribution in [3.8, 4) is 40.0 Å². The second-order valence-electron chi connectivity index (χ2n) is 9.77. The summed E-state index contributed by atoms with van der Waals surface area (Å²) in [5.41, 5.74) is 3.66. The molecule has 0 saturated heterocycles. The number of tetrazole rings is 1. The van der Waals surface area contributed by atoms with Crippen molar-refractivity contribution in [1.29, 1.82) is 5.26 Å². The van der Waals surface area contributed by atoms with Crippen molar-refractivity contribution < 1.29 is 17.9 Å². The number of hydrogen-bond acceptors (Lipinski definition) is 6. The first-order valence-electron chi connectivity index (χ1n) is 13.5. The van der Waals surface area contributed by atoms with Gasteiger partial charge in [0.25, 0.3) is 0 Å². The van der Waals surface area contributed by atoms with Gasteiger partial charge in [0.1, 0.15) is 12.4 Å². The predicted octanol–water partition coefficient (Wildman–Crippen LogP) is 7.58. The first kappa shape index (κ1) is 27.6. The van der Waals surface area contributed by atoms with Crippen LogP contribution < -0.4 is 4.74 Å². The summed E-state index contributed by atoms with van der Waals surface area (Å²) in [4.78, 5) is 4.67. The lowest BCUT2D eigenvalue weighted by Gasteiger charge is -2.13. The maximum atomic E-state index is 13.6. The minimum Gasteiger partial charge on any atom is -0.488 e. The highest BCUT2D eigenvalue weighted by atomic mass is 19.4. The fourth-order valence-corrected chi connectivity index (χ4v) is 4.89. The van der Waals surface area contributed by atoms with Gasteiger partial charge in [-0.2, -0.15) is 23.1 Å². The van der Waals surface area contributed by atoms with E-state index in [0.717, 1.165) is 57.6 Å². The highest BCUT2D eigenvalue weighted by Gasteiger charge is 2.34. The third-order valence-corrected chi connectivity index (χ3v) is 7.06. The minimum absolute atomic E-state index is 0.0866. The van der Waals surface area contributed by atoms with Crippen LogP contribution in [0.1, 0.15) is 29.3 Å². The zero-order chi connectivity index (χ0) is 30.0. The van der Waals surface area contributed by atoms with Gasteiger partial charge >= 0.3 is 6.18 Å². The van der Waals surface area contributed by atoms with E-state index in [1.165, 1.54) is 10.7 Å². The second-order valence-corrected chi connectivity index (χ2v) is 9.77. The Bertz CT molecular complexity index is 1980. The Kier molecular flexibility index (Phi) is 7.30. The molecule has 10 heteroatoms. The lowest BCUT2D eigenvalue weighted by atomic mass is 9.98. The summed E-state index contributed by atoms with van der Waals surface area (Å²) < 4.78 is 48.3. The van der Waals surface area contributed by atoms with Crippen molar-refractivity contribution in [1.82, 2.24) is 25.2 Å². The van der Waals surface area contributed by atoms with Crippen molar-refractivity contribution in [2.24, 2.45) is 0 Å². The van der Waals surface area contributed by atoms with Crippen LogP contribution in [0.5, 0.6) is 5.75 Å². The maximum absolute atomic E-state index is 13.6. The first-order chi connectivity index (χ1) is 20.9. The molecule has 6 rings (SSSR count). The van der Waals surface area contributed by atoms with Crippen molar-refractivity contribution in [3.63, 3.8) is 0 Å². The van der Waals surface area contributed by atoms with Crippen LogP contribution in [0.2, 0.25) is 0 Å². The normalized spacial score (nSPS) is 11.4. The number of aryl methyl sites for hydroxylation is 1. The van der Waals surface area contributed by atoms with Crippen LogP contribution in [0.15, 0.2) is 97.1 Å². The largest absolute Gasteiger partial charge is 0.488 e. The van der Waals surface area contributed by atoms with Gasteiger partial charge in [-0.3, -0.25) is 4.98 Å². The molecular formula is C33H23F3N6O. The van der Waals surface area contributed by atoms with E-state index in [0.29, 0.717) is 12.2 Å². The summed E-state index contributed by atoms with van der Waals surface area (Å²) in [6.07, 6.45) is -3.91. The van der Waals surface area contributed by atoms with Crippen LogP contribution in [-0.2, 0) is 19.2 Å². The average molecular weight is 577 g/mol. The Morgan fingerprint density at radius 3 is 2.37 bits per heavy atom. The molecule has 0 saturated carbocycles. The molecular weight excluding hydrogens is 553 g/mol. The van der Waals surface area contributed by atoms with Gasteiger partial charge in [0.05, 0.1) is 28.4 Å². The smallest absolute Gasteiger partial charge is 0.417 e. The van der Waals surface area contributed by atoms with Crippen molar-refractivity contribution in [3.05, 3.63) is 119 Å². The van der Waals surface area contributed by atoms with E-state index < -0.39 is 17.3 Å². The molecule has 0 aliphatic heterocycles. The molecule has 4 aromatic carbocycles. The number of benzene rings is 4. The lowest BCUT2D eigenvalue weighted by molar-refractivity contribution is -0.137. The van der Waals surface area contributed by atoms with Crippen LogP contribution in [0, 0.1) is 11.3 Å². The Balaban J connectivity index is 1.29. The number of ether oxygens (including phenoxy) is 1. The molecule has 2 heterocycles. The van der Waals surface area contributed by atoms with Gasteiger partial charge in [-0.15, -0.1) is 5.10 Å². The predicted molar refractivity (Wildman–Crippen MR) is 155 cm³/mol. The van der Waals surface area contributed by atoms with Gasteiger partial charge in [0.15, 0.2) is 5.82 Å². The lowest BCUT2D eigenvalue weighted by Crippen LogP contribution is -2.10. The average Bonchev–Trinajstić information content (AvgIpc) is 3.53. The highest BCUT2D eigenvalue weighted by molar-refractivity contribution is 5.85. The fraction of sp³-hybridized carbons (Fsp3) is 0.121. The molecule has 0 atom stereocenters. The number of fused-ring (bicyclic) bond motifs is 1. The van der Waals surface area contributed by atoms with E-state index in [4.69, 9.17) is 10.00 Å². The van der Waals surface area contributed by atoms with Crippen LogP contribution >= 0.6 is 0 Å². The van der Waals surface area contributed by atoms with Crippen LogP contribution in [0.25, 0.3) is 39.1 Å². The Morgan fingerprint density at radius 1 is 0.884 bits per heavy atom. The van der Waals surface area contributed by atoms with Gasteiger partial charge in [0, 0.05) is 22.7 Å². The molecule has 43 heavy (non-hydrogen) atoms. The van der Waals surface area contributed by atoms with Gasteiger partial charge in [0.2, 0.25) is 0 Å². The Morgan fingerprint density at radius 2 is 1.63 bits per heavy atom. The van der Waals surface area contributed by atoms with Crippen molar-refractivity contribution >= 4 is 10.9 Å². The van der Waals surface area contributed by atoms with Gasteiger partial charge in [-0.05, 0) is 63.9 Å². The molecule has 0 fully saturated rings. The van der Waals surface area contributed by atoms with E-state index in [1.54, 1.807) is 6.07 Å². The third kappa shape index (κ3) is 5.53. The molecule has 0 spiro atoms. The van der Waals surface area contributed by atoms with Crippen molar-refractivity contribution in [2.45, 2.75) is 26.1 Å². The summed E-state index contributed by atoms with van der Waals surface area (Å²) in [7, 11) is 0. The van der Waals surface area contributed by atoms with Gasteiger partial charge in [-0.1, -0.05) is 67.6 Å². The maximum Gasteiger partial charge on any atom is 0.417 e. The quantitative estimate of drug-likeness (QED) is 0.195. The van der Waals surface area contributed by atoms with E-state index >= 15 is 0 Å². The van der Waals surface area contributed by atoms with Gasteiger partial charge < -0.3 is 4.74 Å². The first-order valence-corrected chi connectivity index (χ1v) is 13.5. The number of para-hydroxylation sites is 1. The summed E-state index contributed by atoms with van der Waals surface area (Å²) >= 11 is 0. The Labute approximate surface area is 244 Å². The fourth-order valence-electron chi connectivity index (χ4n) is 4.89. The number of nitrogens with zero attached hydrogens (tertiary/aromatic N) is 6. The third-order valence-electron chi connectivity index (χ3n) is 7.06. The molecule has 0 bridgehead atoms. The molecule has 0 aliphatic rings. The SMILES string of the molecule is CCc1cc(OCc2ccc(-c3ccccc3-c3nnnn3-c3ccc(C#N)c(C(F)(F)F)c3)cc2)c2ccccc2n1. The van der Waals surface area contributed by atoms with Crippen molar-refractivity contribution in [2.75, 3.05) is 0 Å². The van der Waals surface area contributed by atoms with E-state index in [9.17, 15) is 13.2 Å². The topological polar surface area (TPSA) is 89.5 Å². The minimum atomic E-state index is -4.71. The number of rotatable bonds is 7. The second kappa shape index (κ2) is 11.4. The number of pyridine rings is 1.